The van der Waals surface area contributed by atoms with E-state index in [1.807, 2.05) is 0 Å². The van der Waals surface area contributed by atoms with Gasteiger partial charge in [0.2, 0.25) is 0 Å². The minimum atomic E-state index is -0.440. The molecule has 0 saturated carbocycles. The fourth-order valence-electron chi connectivity index (χ4n) is 3.26. The molecule has 0 aliphatic rings. The first-order valence-electron chi connectivity index (χ1n) is 9.67. The summed E-state index contributed by atoms with van der Waals surface area (Å²) in [5.74, 6) is -0.211. The minimum Gasteiger partial charge on any atom is -0.451 e. The minimum absolute atomic E-state index is 0.0532. The van der Waals surface area contributed by atoms with Crippen molar-refractivity contribution in [2.45, 2.75) is 6.54 Å². The average Bonchev–Trinajstić information content (AvgIpc) is 3.26. The second-order valence-electron chi connectivity index (χ2n) is 6.89. The lowest BCUT2D eigenvalue weighted by Crippen LogP contribution is -2.34. The number of fused-ring (bicyclic) bond motifs is 1. The maximum Gasteiger partial charge on any atom is 0.290 e. The Bertz CT molecular complexity index is 1280. The molecule has 0 fully saturated rings. The van der Waals surface area contributed by atoms with Gasteiger partial charge in [-0.15, -0.1) is 0 Å². The first-order valence-corrected chi connectivity index (χ1v) is 9.67. The number of amides is 1. The molecular formula is C23H20FN3O4. The summed E-state index contributed by atoms with van der Waals surface area (Å²) in [4.78, 5) is 34.1. The highest BCUT2D eigenvalue weighted by Crippen LogP contribution is 2.25. The van der Waals surface area contributed by atoms with E-state index in [4.69, 9.17) is 9.15 Å². The Morgan fingerprint density at radius 3 is 2.71 bits per heavy atom. The molecule has 1 N–H and O–H groups in total. The summed E-state index contributed by atoms with van der Waals surface area (Å²) in [6, 6.07) is 16.2. The second kappa shape index (κ2) is 8.93. The highest BCUT2D eigenvalue weighted by Gasteiger charge is 2.22. The first kappa shape index (κ1) is 20.5. The van der Waals surface area contributed by atoms with Gasteiger partial charge in [0.05, 0.1) is 29.6 Å². The molecule has 4 aromatic rings. The third-order valence-electron chi connectivity index (χ3n) is 4.81. The first-order chi connectivity index (χ1) is 15.1. The molecule has 7 nitrogen and oxygen atoms in total. The number of H-pyrrole nitrogens is 1. The monoisotopic (exact) mass is 421 g/mol. The van der Waals surface area contributed by atoms with Crippen molar-refractivity contribution in [3.63, 3.8) is 0 Å². The van der Waals surface area contributed by atoms with E-state index < -0.39 is 11.7 Å². The molecular weight excluding hydrogens is 401 g/mol. The van der Waals surface area contributed by atoms with Crippen LogP contribution >= 0.6 is 0 Å². The van der Waals surface area contributed by atoms with Crippen LogP contribution in [0.15, 0.2) is 69.9 Å². The van der Waals surface area contributed by atoms with Crippen molar-refractivity contribution in [2.75, 3.05) is 20.3 Å². The molecule has 0 aliphatic carbocycles. The Morgan fingerprint density at radius 2 is 1.90 bits per heavy atom. The zero-order valence-corrected chi connectivity index (χ0v) is 16.8. The predicted molar refractivity (Wildman–Crippen MR) is 113 cm³/mol. The van der Waals surface area contributed by atoms with Crippen molar-refractivity contribution >= 4 is 16.8 Å². The van der Waals surface area contributed by atoms with E-state index in [9.17, 15) is 14.0 Å². The number of rotatable bonds is 7. The molecule has 0 aliphatic heterocycles. The highest BCUT2D eigenvalue weighted by atomic mass is 19.1. The number of hydrogen-bond acceptors (Lipinski definition) is 5. The van der Waals surface area contributed by atoms with Crippen LogP contribution < -0.4 is 5.56 Å². The number of ether oxygens (including phenoxy) is 1. The molecule has 2 heterocycles. The highest BCUT2D eigenvalue weighted by molar-refractivity contribution is 5.92. The largest absolute Gasteiger partial charge is 0.451 e. The Kier molecular flexibility index (Phi) is 5.90. The molecule has 8 heteroatoms. The van der Waals surface area contributed by atoms with E-state index in [1.165, 1.54) is 24.1 Å². The fraction of sp³-hybridized carbons (Fsp3) is 0.174. The van der Waals surface area contributed by atoms with E-state index in [-0.39, 0.29) is 42.3 Å². The summed E-state index contributed by atoms with van der Waals surface area (Å²) in [6.45, 7) is 0.587. The normalized spacial score (nSPS) is 11.0. The van der Waals surface area contributed by atoms with Crippen LogP contribution in [-0.4, -0.2) is 41.0 Å². The van der Waals surface area contributed by atoms with Crippen molar-refractivity contribution < 1.29 is 18.3 Å². The van der Waals surface area contributed by atoms with E-state index in [1.54, 1.807) is 48.5 Å². The lowest BCUT2D eigenvalue weighted by molar-refractivity contribution is 0.0645. The molecule has 31 heavy (non-hydrogen) atoms. The van der Waals surface area contributed by atoms with Gasteiger partial charge in [-0.1, -0.05) is 24.3 Å². The lowest BCUT2D eigenvalue weighted by atomic mass is 10.1. The summed E-state index contributed by atoms with van der Waals surface area (Å²) in [6.07, 6.45) is 0. The van der Waals surface area contributed by atoms with Gasteiger partial charge in [0.25, 0.3) is 11.5 Å². The number of nitrogens with zero attached hydrogens (tertiary/aromatic N) is 2. The number of hydrogen-bond donors (Lipinski definition) is 1. The molecule has 0 bridgehead atoms. The molecule has 0 radical (unpaired) electrons. The lowest BCUT2D eigenvalue weighted by Gasteiger charge is -2.20. The van der Waals surface area contributed by atoms with Crippen LogP contribution in [-0.2, 0) is 11.3 Å². The third-order valence-corrected chi connectivity index (χ3v) is 4.81. The van der Waals surface area contributed by atoms with Crippen LogP contribution in [0.2, 0.25) is 0 Å². The summed E-state index contributed by atoms with van der Waals surface area (Å²) < 4.78 is 24.8. The van der Waals surface area contributed by atoms with Crippen LogP contribution in [0.25, 0.3) is 22.2 Å². The Labute approximate surface area is 177 Å². The van der Waals surface area contributed by atoms with Crippen LogP contribution in [0, 0.1) is 5.82 Å². The van der Waals surface area contributed by atoms with E-state index >= 15 is 0 Å². The second-order valence-corrected chi connectivity index (χ2v) is 6.89. The quantitative estimate of drug-likeness (QED) is 0.493. The third kappa shape index (κ3) is 4.39. The molecule has 2 aromatic carbocycles. The topological polar surface area (TPSA) is 88.4 Å². The Hall–Kier alpha value is -3.78. The number of carbonyl (C=O) groups excluding carboxylic acids is 1. The summed E-state index contributed by atoms with van der Waals surface area (Å²) in [5, 5.41) is 0.474. The Morgan fingerprint density at radius 1 is 1.13 bits per heavy atom. The molecule has 0 saturated heterocycles. The van der Waals surface area contributed by atoms with Crippen LogP contribution in [0.5, 0.6) is 0 Å². The average molecular weight is 421 g/mol. The van der Waals surface area contributed by atoms with Crippen molar-refractivity contribution in [1.82, 2.24) is 14.9 Å². The number of halogens is 1. The molecule has 0 spiro atoms. The SMILES string of the molecule is COCCN(Cc1nc2ccccc2c(=O)[nH]1)C(=O)c1ccc(-c2ccccc2F)o1. The number of carbonyl (C=O) groups is 1. The molecule has 4 rings (SSSR count). The molecule has 1 amide bonds. The number of furan rings is 1. The summed E-state index contributed by atoms with van der Waals surface area (Å²) in [5.41, 5.74) is 0.533. The molecule has 0 unspecified atom stereocenters. The van der Waals surface area contributed by atoms with Crippen molar-refractivity contribution in [3.8, 4) is 11.3 Å². The predicted octanol–water partition coefficient (Wildman–Crippen LogP) is 3.61. The zero-order valence-electron chi connectivity index (χ0n) is 16.8. The van der Waals surface area contributed by atoms with Gasteiger partial charge in [-0.2, -0.15) is 0 Å². The maximum absolute atomic E-state index is 14.0. The number of nitrogens with one attached hydrogen (secondary N) is 1. The van der Waals surface area contributed by atoms with Gasteiger partial charge in [-0.05, 0) is 36.4 Å². The van der Waals surface area contributed by atoms with Crippen LogP contribution in [0.1, 0.15) is 16.4 Å². The number of methoxy groups -OCH3 is 1. The van der Waals surface area contributed by atoms with Crippen LogP contribution in [0.4, 0.5) is 4.39 Å². The van der Waals surface area contributed by atoms with Gasteiger partial charge in [0.1, 0.15) is 17.4 Å². The molecule has 0 atom stereocenters. The van der Waals surface area contributed by atoms with Crippen molar-refractivity contribution in [2.24, 2.45) is 0 Å². The van der Waals surface area contributed by atoms with Gasteiger partial charge in [-0.3, -0.25) is 9.59 Å². The van der Waals surface area contributed by atoms with E-state index in [2.05, 4.69) is 9.97 Å². The number of aromatic nitrogens is 2. The van der Waals surface area contributed by atoms with Gasteiger partial charge < -0.3 is 19.0 Å². The number of benzene rings is 2. The number of para-hydroxylation sites is 1. The standard InChI is InChI=1S/C23H20FN3O4/c1-30-13-12-27(14-21-25-18-9-5-3-7-16(18)22(28)26-21)23(29)20-11-10-19(31-20)15-6-2-4-8-17(15)24/h2-11H,12-14H2,1H3,(H,25,26,28). The van der Waals surface area contributed by atoms with Gasteiger partial charge in [0.15, 0.2) is 5.76 Å². The fourth-order valence-corrected chi connectivity index (χ4v) is 3.26. The van der Waals surface area contributed by atoms with Gasteiger partial charge in [-0.25, -0.2) is 9.37 Å². The number of aromatic amines is 1. The summed E-state index contributed by atoms with van der Waals surface area (Å²) in [7, 11) is 1.53. The zero-order chi connectivity index (χ0) is 21.8. The van der Waals surface area contributed by atoms with Crippen LogP contribution in [0.3, 0.4) is 0 Å². The van der Waals surface area contributed by atoms with Crippen molar-refractivity contribution in [3.05, 3.63) is 88.4 Å². The molecule has 158 valence electrons. The smallest absolute Gasteiger partial charge is 0.290 e. The summed E-state index contributed by atoms with van der Waals surface area (Å²) >= 11 is 0. The maximum atomic E-state index is 14.0. The Balaban J connectivity index is 1.62. The van der Waals surface area contributed by atoms with Gasteiger partial charge >= 0.3 is 0 Å². The molecule has 2 aromatic heterocycles. The van der Waals surface area contributed by atoms with Gasteiger partial charge in [0, 0.05) is 13.7 Å². The van der Waals surface area contributed by atoms with E-state index in [0.29, 0.717) is 16.7 Å². The van der Waals surface area contributed by atoms with E-state index in [0.717, 1.165) is 0 Å². The van der Waals surface area contributed by atoms with Crippen molar-refractivity contribution in [1.29, 1.82) is 0 Å².